The first-order valence-corrected chi connectivity index (χ1v) is 10.3. The fourth-order valence-corrected chi connectivity index (χ4v) is 4.63. The van der Waals surface area contributed by atoms with Crippen LogP contribution >= 0.6 is 11.3 Å². The van der Waals surface area contributed by atoms with Crippen LogP contribution in [0.15, 0.2) is 52.6 Å². The molecule has 0 N–H and O–H groups in total. The summed E-state index contributed by atoms with van der Waals surface area (Å²) in [5.74, 6) is -0.561. The van der Waals surface area contributed by atoms with Gasteiger partial charge in [0, 0.05) is 23.2 Å². The maximum absolute atomic E-state index is 13.5. The van der Waals surface area contributed by atoms with Crippen molar-refractivity contribution in [3.05, 3.63) is 79.9 Å². The van der Waals surface area contributed by atoms with Crippen molar-refractivity contribution >= 4 is 17.2 Å². The molecule has 1 amide bonds. The van der Waals surface area contributed by atoms with E-state index in [2.05, 4.69) is 5.10 Å². The lowest BCUT2D eigenvalue weighted by Gasteiger charge is -2.24. The molecule has 5 nitrogen and oxygen atoms in total. The van der Waals surface area contributed by atoms with E-state index in [4.69, 9.17) is 0 Å². The van der Waals surface area contributed by atoms with Gasteiger partial charge in [0.25, 0.3) is 5.91 Å². The van der Waals surface area contributed by atoms with E-state index in [1.165, 1.54) is 36.5 Å². The van der Waals surface area contributed by atoms with Gasteiger partial charge in [0.1, 0.15) is 0 Å². The van der Waals surface area contributed by atoms with Gasteiger partial charge in [-0.15, -0.1) is 11.3 Å². The van der Waals surface area contributed by atoms with Crippen LogP contribution in [-0.4, -0.2) is 27.1 Å². The average Bonchev–Trinajstić information content (AvgIpc) is 3.38. The molecule has 1 atom stereocenters. The Hall–Kier alpha value is -2.94. The van der Waals surface area contributed by atoms with Gasteiger partial charge in [0.15, 0.2) is 5.69 Å². The summed E-state index contributed by atoms with van der Waals surface area (Å²) >= 11 is 1.53. The van der Waals surface area contributed by atoms with E-state index in [0.717, 1.165) is 34.5 Å². The quantitative estimate of drug-likeness (QED) is 0.607. The van der Waals surface area contributed by atoms with Gasteiger partial charge >= 0.3 is 6.18 Å². The Morgan fingerprint density at radius 1 is 1.20 bits per heavy atom. The van der Waals surface area contributed by atoms with Gasteiger partial charge in [-0.25, -0.2) is 4.68 Å². The van der Waals surface area contributed by atoms with E-state index in [9.17, 15) is 22.8 Å². The number of carbonyl (C=O) groups is 1. The Morgan fingerprint density at radius 3 is 2.67 bits per heavy atom. The molecule has 1 unspecified atom stereocenters. The Kier molecular flexibility index (Phi) is 5.23. The Bertz CT molecular complexity index is 1140. The minimum Gasteiger partial charge on any atom is -0.329 e. The summed E-state index contributed by atoms with van der Waals surface area (Å²) < 4.78 is 41.5. The monoisotopic (exact) mass is 433 g/mol. The summed E-state index contributed by atoms with van der Waals surface area (Å²) in [5, 5.41) is 6.01. The number of carbonyl (C=O) groups excluding carboxylic acids is 1. The highest BCUT2D eigenvalue weighted by molar-refractivity contribution is 7.10. The summed E-state index contributed by atoms with van der Waals surface area (Å²) in [6.07, 6.45) is -3.05. The van der Waals surface area contributed by atoms with Crippen LogP contribution in [0.25, 0.3) is 5.69 Å². The number of hydrogen-bond acceptors (Lipinski definition) is 4. The number of thiophene rings is 1. The lowest BCUT2D eigenvalue weighted by Crippen LogP contribution is -2.36. The Morgan fingerprint density at radius 2 is 1.97 bits per heavy atom. The summed E-state index contributed by atoms with van der Waals surface area (Å²) in [6.45, 7) is 1.95. The molecular formula is C21H18F3N3O2S. The summed E-state index contributed by atoms with van der Waals surface area (Å²) in [6, 6.07) is 9.78. The van der Waals surface area contributed by atoms with Crippen molar-refractivity contribution in [2.24, 2.45) is 0 Å². The number of likely N-dealkylation sites (tertiary alicyclic amines) is 1. The second-order valence-electron chi connectivity index (χ2n) is 7.10. The van der Waals surface area contributed by atoms with Crippen molar-refractivity contribution in [3.63, 3.8) is 0 Å². The summed E-state index contributed by atoms with van der Waals surface area (Å²) in [7, 11) is 0. The number of para-hydroxylation sites is 1. The number of rotatable bonds is 3. The molecule has 1 aromatic carbocycles. The third-order valence-electron chi connectivity index (χ3n) is 5.13. The molecule has 1 fully saturated rings. The molecule has 0 spiro atoms. The number of alkyl halides is 3. The number of halogens is 3. The van der Waals surface area contributed by atoms with Crippen molar-refractivity contribution < 1.29 is 18.0 Å². The third kappa shape index (κ3) is 3.65. The number of hydrogen-bond donors (Lipinski definition) is 0. The maximum atomic E-state index is 13.5. The number of amides is 1. The molecule has 0 radical (unpaired) electrons. The Balaban J connectivity index is 1.79. The van der Waals surface area contributed by atoms with E-state index in [1.54, 1.807) is 4.90 Å². The molecule has 4 rings (SSSR count). The van der Waals surface area contributed by atoms with Crippen LogP contribution in [0.5, 0.6) is 0 Å². The van der Waals surface area contributed by atoms with Gasteiger partial charge in [-0.1, -0.05) is 18.2 Å². The molecule has 0 aliphatic carbocycles. The molecule has 3 aromatic rings. The van der Waals surface area contributed by atoms with Crippen molar-refractivity contribution in [1.82, 2.24) is 14.7 Å². The van der Waals surface area contributed by atoms with Crippen LogP contribution in [0.3, 0.4) is 0 Å². The Labute approximate surface area is 174 Å². The predicted molar refractivity (Wildman–Crippen MR) is 107 cm³/mol. The van der Waals surface area contributed by atoms with Crippen molar-refractivity contribution in [1.29, 1.82) is 0 Å². The highest BCUT2D eigenvalue weighted by Crippen LogP contribution is 2.36. The minimum absolute atomic E-state index is 0.157. The van der Waals surface area contributed by atoms with Crippen LogP contribution < -0.4 is 5.43 Å². The van der Waals surface area contributed by atoms with Crippen LogP contribution in [0.1, 0.15) is 45.5 Å². The normalized spacial score (nSPS) is 16.8. The molecule has 1 saturated heterocycles. The first-order valence-electron chi connectivity index (χ1n) is 9.39. The standard InChI is InChI=1S/C21H18F3N3O2S/c1-13-12-17(28)19(20(29)26-10-4-8-16(26)18-9-5-11-30-18)25-27(13)15-7-3-2-6-14(15)21(22,23)24/h2-3,5-7,9,11-12,16H,4,8,10H2,1H3. The molecule has 1 aliphatic heterocycles. The molecule has 0 bridgehead atoms. The fraction of sp³-hybridized carbons (Fsp3) is 0.286. The smallest absolute Gasteiger partial charge is 0.329 e. The summed E-state index contributed by atoms with van der Waals surface area (Å²) in [5.41, 5.74) is -1.88. The van der Waals surface area contributed by atoms with E-state index < -0.39 is 23.1 Å². The SMILES string of the molecule is Cc1cc(=O)c(C(=O)N2CCCC2c2cccs2)nn1-c1ccccc1C(F)(F)F. The van der Waals surface area contributed by atoms with Crippen LogP contribution in [0.2, 0.25) is 0 Å². The lowest BCUT2D eigenvalue weighted by molar-refractivity contribution is -0.137. The topological polar surface area (TPSA) is 55.2 Å². The zero-order valence-corrected chi connectivity index (χ0v) is 16.8. The zero-order valence-electron chi connectivity index (χ0n) is 16.0. The molecule has 9 heteroatoms. The first kappa shape index (κ1) is 20.3. The van der Waals surface area contributed by atoms with Gasteiger partial charge in [-0.05, 0) is 43.3 Å². The number of nitrogens with zero attached hydrogens (tertiary/aromatic N) is 3. The largest absolute Gasteiger partial charge is 0.418 e. The lowest BCUT2D eigenvalue weighted by atomic mass is 10.1. The highest BCUT2D eigenvalue weighted by Gasteiger charge is 2.36. The van der Waals surface area contributed by atoms with E-state index in [1.807, 2.05) is 17.5 Å². The summed E-state index contributed by atoms with van der Waals surface area (Å²) in [4.78, 5) is 28.3. The maximum Gasteiger partial charge on any atom is 0.418 e. The highest BCUT2D eigenvalue weighted by atomic mass is 32.1. The molecule has 0 saturated carbocycles. The molecule has 156 valence electrons. The van der Waals surface area contributed by atoms with Crippen molar-refractivity contribution in [2.75, 3.05) is 6.54 Å². The second kappa shape index (κ2) is 7.71. The van der Waals surface area contributed by atoms with Gasteiger partial charge in [0.2, 0.25) is 5.43 Å². The van der Waals surface area contributed by atoms with Gasteiger partial charge in [-0.3, -0.25) is 9.59 Å². The van der Waals surface area contributed by atoms with E-state index >= 15 is 0 Å². The zero-order chi connectivity index (χ0) is 21.5. The molecule has 3 heterocycles. The molecule has 1 aliphatic rings. The minimum atomic E-state index is -4.60. The second-order valence-corrected chi connectivity index (χ2v) is 8.08. The van der Waals surface area contributed by atoms with Gasteiger partial charge in [0.05, 0.1) is 17.3 Å². The first-order chi connectivity index (χ1) is 14.3. The van der Waals surface area contributed by atoms with E-state index in [0.29, 0.717) is 6.54 Å². The predicted octanol–water partition coefficient (Wildman–Crippen LogP) is 4.60. The third-order valence-corrected chi connectivity index (χ3v) is 6.11. The fourth-order valence-electron chi connectivity index (χ4n) is 3.76. The van der Waals surface area contributed by atoms with Crippen molar-refractivity contribution in [3.8, 4) is 5.69 Å². The molecule has 30 heavy (non-hydrogen) atoms. The number of aryl methyl sites for hydroxylation is 1. The average molecular weight is 433 g/mol. The number of benzene rings is 1. The van der Waals surface area contributed by atoms with Crippen LogP contribution in [-0.2, 0) is 6.18 Å². The van der Waals surface area contributed by atoms with Crippen molar-refractivity contribution in [2.45, 2.75) is 32.0 Å². The van der Waals surface area contributed by atoms with E-state index in [-0.39, 0.29) is 23.1 Å². The van der Waals surface area contributed by atoms with Crippen LogP contribution in [0, 0.1) is 6.92 Å². The molecule has 2 aromatic heterocycles. The number of aromatic nitrogens is 2. The van der Waals surface area contributed by atoms with Gasteiger partial charge in [-0.2, -0.15) is 18.3 Å². The van der Waals surface area contributed by atoms with Gasteiger partial charge < -0.3 is 4.90 Å². The van der Waals surface area contributed by atoms with Crippen LogP contribution in [0.4, 0.5) is 13.2 Å². The molecular weight excluding hydrogens is 415 g/mol.